The first-order chi connectivity index (χ1) is 42.1. The second-order valence-corrected chi connectivity index (χ2v) is 26.5. The average Bonchev–Trinajstić information content (AvgIpc) is 1.92. The minimum atomic E-state index is -4.26. The van der Waals surface area contributed by atoms with E-state index in [1.807, 2.05) is 145 Å². The number of nitrogens with one attached hydrogen (secondary N) is 1. The van der Waals surface area contributed by atoms with Gasteiger partial charge in [0.15, 0.2) is 0 Å². The number of carbonyl (C=O) groups excluding carboxylic acids is 3. The lowest BCUT2D eigenvalue weighted by Crippen LogP contribution is -2.36. The summed E-state index contributed by atoms with van der Waals surface area (Å²) >= 11 is 2.15. The number of nitrogens with zero attached hydrogens (tertiary/aromatic N) is 8. The van der Waals surface area contributed by atoms with Gasteiger partial charge in [0.1, 0.15) is 51.4 Å². The third kappa shape index (κ3) is 19.9. The molecule has 474 valence electrons. The first-order valence-corrected chi connectivity index (χ1v) is 31.0. The molecule has 10 rings (SSSR count). The minimum Gasteiger partial charge on any atom is -0.443 e. The number of hydrogen-bond donors (Lipinski definition) is 2. The molecule has 4 aromatic heterocycles. The van der Waals surface area contributed by atoms with Crippen molar-refractivity contribution in [3.63, 3.8) is 0 Å². The standard InChI is InChI=1S/C33H38F3N5O2S.C19H21NO3.C14H17F3N4S/c1-32(2,3)43-31(42)41(20-23-8-6-5-7-9-23)25-13-10-22(11-14-25)19-37-24-12-15-26(16-24)40(4)29-28-17-27(18-33(34,35)36)44-30(28)39-21-38-29;1-19(2,3)23-18(22)20(13-15-7-5-4-6-8-15)17-11-9-16(14-21)10-12-17;1-21(9-3-2-8(18)4-9)12-11-5-10(6-14(15,16)17)22-13(11)20-7-19-12/h5-11,13-14,17,21,24,26,37H,12,15-16,18-20H2,1-4H3;4-12,14H,13H2,1-3H3;5,7-9H,2-4,6,18H2,1H3/t24-,26+;;8-,9+/m0.0/s1. The summed E-state index contributed by atoms with van der Waals surface area (Å²) in [5.74, 6) is 1.36. The van der Waals surface area contributed by atoms with Crippen molar-refractivity contribution < 1.29 is 50.2 Å². The summed E-state index contributed by atoms with van der Waals surface area (Å²) < 4.78 is 87.8. The number of anilines is 4. The highest BCUT2D eigenvalue weighted by Crippen LogP contribution is 2.38. The van der Waals surface area contributed by atoms with Gasteiger partial charge in [-0.25, -0.2) is 29.5 Å². The fourth-order valence-corrected chi connectivity index (χ4v) is 12.6. The highest BCUT2D eigenvalue weighted by atomic mass is 32.1. The third-order valence-corrected chi connectivity index (χ3v) is 16.9. The van der Waals surface area contributed by atoms with E-state index >= 15 is 0 Å². The molecule has 4 aromatic carbocycles. The van der Waals surface area contributed by atoms with Gasteiger partial charge in [0.25, 0.3) is 0 Å². The van der Waals surface area contributed by atoms with Crippen LogP contribution in [0.2, 0.25) is 0 Å². The second kappa shape index (κ2) is 29.3. The molecule has 15 nitrogen and oxygen atoms in total. The quantitative estimate of drug-likeness (QED) is 0.0692. The van der Waals surface area contributed by atoms with Gasteiger partial charge in [-0.1, -0.05) is 72.8 Å². The molecule has 2 aliphatic carbocycles. The Morgan fingerprint density at radius 2 is 1.01 bits per heavy atom. The minimum absolute atomic E-state index is 0.188. The van der Waals surface area contributed by atoms with Crippen LogP contribution in [0.5, 0.6) is 0 Å². The number of benzene rings is 4. The Balaban J connectivity index is 0.000000191. The summed E-state index contributed by atoms with van der Waals surface area (Å²) in [4.78, 5) is 62.5. The number of halogens is 6. The first-order valence-electron chi connectivity index (χ1n) is 29.3. The predicted molar refractivity (Wildman–Crippen MR) is 341 cm³/mol. The fourth-order valence-electron chi connectivity index (χ4n) is 10.6. The largest absolute Gasteiger partial charge is 0.443 e. The van der Waals surface area contributed by atoms with Crippen LogP contribution in [0, 0.1) is 0 Å². The Kier molecular flexibility index (Phi) is 22.1. The number of aldehydes is 1. The van der Waals surface area contributed by atoms with Gasteiger partial charge in [-0.2, -0.15) is 26.3 Å². The topological polar surface area (TPSA) is 172 Å². The lowest BCUT2D eigenvalue weighted by Gasteiger charge is -2.28. The zero-order chi connectivity index (χ0) is 64.3. The second-order valence-electron chi connectivity index (χ2n) is 24.3. The van der Waals surface area contributed by atoms with Gasteiger partial charge in [0, 0.05) is 71.5 Å². The molecule has 0 saturated heterocycles. The Hall–Kier alpha value is -7.73. The summed E-state index contributed by atoms with van der Waals surface area (Å²) in [7, 11) is 3.88. The molecule has 0 radical (unpaired) electrons. The van der Waals surface area contributed by atoms with Crippen LogP contribution in [0.4, 0.5) is 58.9 Å². The Morgan fingerprint density at radius 1 is 0.584 bits per heavy atom. The number of rotatable bonds is 16. The van der Waals surface area contributed by atoms with Crippen molar-refractivity contribution in [2.24, 2.45) is 5.73 Å². The number of hydrogen-bond acceptors (Lipinski definition) is 15. The average molecular weight is 1270 g/mol. The summed E-state index contributed by atoms with van der Waals surface area (Å²) in [5, 5.41) is 5.02. The van der Waals surface area contributed by atoms with Gasteiger partial charge in [-0.15, -0.1) is 22.7 Å². The number of alkyl halides is 6. The van der Waals surface area contributed by atoms with Crippen molar-refractivity contribution in [1.29, 1.82) is 0 Å². The maximum absolute atomic E-state index is 13.1. The van der Waals surface area contributed by atoms with Crippen molar-refractivity contribution >= 4 is 84.6 Å². The van der Waals surface area contributed by atoms with Crippen LogP contribution < -0.4 is 30.7 Å². The fraction of sp³-hybridized carbons (Fsp3) is 0.409. The Morgan fingerprint density at radius 3 is 1.42 bits per heavy atom. The number of fused-ring (bicyclic) bond motifs is 2. The van der Waals surface area contributed by atoms with Crippen LogP contribution >= 0.6 is 22.7 Å². The van der Waals surface area contributed by atoms with Crippen molar-refractivity contribution in [3.05, 3.63) is 166 Å². The predicted octanol–water partition coefficient (Wildman–Crippen LogP) is 15.4. The van der Waals surface area contributed by atoms with Gasteiger partial charge in [0.05, 0.1) is 36.7 Å². The maximum atomic E-state index is 13.1. The maximum Gasteiger partial charge on any atom is 0.415 e. The van der Waals surface area contributed by atoms with E-state index in [9.17, 15) is 40.7 Å². The summed E-state index contributed by atoms with van der Waals surface area (Å²) in [6.07, 6.45) is -1.91. The molecule has 23 heteroatoms. The van der Waals surface area contributed by atoms with E-state index in [0.29, 0.717) is 69.0 Å². The van der Waals surface area contributed by atoms with Gasteiger partial charge in [-0.3, -0.25) is 14.6 Å². The van der Waals surface area contributed by atoms with Crippen molar-refractivity contribution in [3.8, 4) is 0 Å². The molecular weight excluding hydrogens is 1190 g/mol. The van der Waals surface area contributed by atoms with Crippen LogP contribution in [0.1, 0.15) is 117 Å². The molecule has 2 saturated carbocycles. The molecule has 0 bridgehead atoms. The third-order valence-electron chi connectivity index (χ3n) is 14.9. The Labute approximate surface area is 523 Å². The van der Waals surface area contributed by atoms with Crippen LogP contribution in [-0.2, 0) is 41.9 Å². The van der Waals surface area contributed by atoms with Crippen LogP contribution in [0.3, 0.4) is 0 Å². The highest BCUT2D eigenvalue weighted by Gasteiger charge is 2.34. The van der Waals surface area contributed by atoms with Crippen molar-refractivity contribution in [2.45, 2.75) is 160 Å². The molecule has 0 spiro atoms. The monoisotopic (exact) mass is 1270 g/mol. The molecule has 3 N–H and O–H groups in total. The zero-order valence-electron chi connectivity index (χ0n) is 51.1. The molecule has 2 amide bonds. The molecule has 89 heavy (non-hydrogen) atoms. The van der Waals surface area contributed by atoms with Gasteiger partial charge in [0.2, 0.25) is 0 Å². The lowest BCUT2D eigenvalue weighted by atomic mass is 10.1. The van der Waals surface area contributed by atoms with E-state index in [2.05, 4.69) is 30.2 Å². The van der Waals surface area contributed by atoms with Crippen LogP contribution in [-0.4, -0.2) is 100 Å². The zero-order valence-corrected chi connectivity index (χ0v) is 52.8. The smallest absolute Gasteiger partial charge is 0.415 e. The van der Waals surface area contributed by atoms with E-state index in [0.717, 1.165) is 89.9 Å². The van der Waals surface area contributed by atoms with Crippen LogP contribution in [0.25, 0.3) is 20.4 Å². The molecule has 2 fully saturated rings. The molecule has 0 unspecified atom stereocenters. The SMILES string of the molecule is CC(C)(C)OC(=O)N(Cc1ccccc1)c1ccc(C=O)cc1.CN(c1ncnc2sc(CC(F)(F)F)cc12)[C@@H]1CC[C@H](N)C1.CN(c1ncnc2sc(CC(F)(F)F)cc12)[C@@H]1CC[C@H](NCc2ccc(N(Cc3ccccc3)C(=O)OC(C)(C)C)cc2)C1. The summed E-state index contributed by atoms with van der Waals surface area (Å²) in [6.45, 7) is 12.6. The number of amides is 2. The molecule has 8 aromatic rings. The summed E-state index contributed by atoms with van der Waals surface area (Å²) in [5.41, 5.74) is 9.88. The van der Waals surface area contributed by atoms with Gasteiger partial charge < -0.3 is 30.3 Å². The highest BCUT2D eigenvalue weighted by molar-refractivity contribution is 7.19. The molecule has 4 atom stereocenters. The molecule has 0 aliphatic heterocycles. The van der Waals surface area contributed by atoms with Crippen molar-refractivity contribution in [2.75, 3.05) is 33.7 Å². The van der Waals surface area contributed by atoms with E-state index in [4.69, 9.17) is 15.2 Å². The Bertz CT molecular complexity index is 3600. The number of nitrogens with two attached hydrogens (primary N) is 1. The van der Waals surface area contributed by atoms with Crippen molar-refractivity contribution in [1.82, 2.24) is 25.3 Å². The number of carbonyl (C=O) groups is 3. The van der Waals surface area contributed by atoms with E-state index < -0.39 is 48.6 Å². The number of ether oxygens (including phenoxy) is 2. The molecule has 4 heterocycles. The lowest BCUT2D eigenvalue weighted by molar-refractivity contribution is -0.127. The first kappa shape index (κ1) is 67.2. The molecule has 2 aliphatic rings. The van der Waals surface area contributed by atoms with Crippen LogP contribution in [0.15, 0.2) is 134 Å². The van der Waals surface area contributed by atoms with E-state index in [-0.39, 0.29) is 27.9 Å². The summed E-state index contributed by atoms with van der Waals surface area (Å²) in [6, 6.07) is 38.4. The van der Waals surface area contributed by atoms with Gasteiger partial charge >= 0.3 is 24.5 Å². The number of aromatic nitrogens is 4. The molecular formula is C66H76F6N10O5S2. The van der Waals surface area contributed by atoms with Gasteiger partial charge in [-0.05, 0) is 145 Å². The van der Waals surface area contributed by atoms with E-state index in [1.165, 1.54) is 12.7 Å². The number of thiophene rings is 2. The van der Waals surface area contributed by atoms with E-state index in [1.54, 1.807) is 46.2 Å². The normalized spacial score (nSPS) is 16.8.